The second-order valence-corrected chi connectivity index (χ2v) is 5.93. The van der Waals surface area contributed by atoms with Crippen molar-refractivity contribution in [2.75, 3.05) is 6.61 Å². The molecule has 0 aliphatic rings. The number of nitrogens with one attached hydrogen (secondary N) is 1. The lowest BCUT2D eigenvalue weighted by molar-refractivity contribution is -0.181. The molecular weight excluding hydrogens is 362 g/mol. The smallest absolute Gasteiger partial charge is 0.413 e. The zero-order valence-electron chi connectivity index (χ0n) is 9.74. The molecule has 1 aromatic carbocycles. The van der Waals surface area contributed by atoms with E-state index in [2.05, 4.69) is 4.84 Å². The fraction of sp³-hybridized carbons (Fsp3) is 0.222. The van der Waals surface area contributed by atoms with Crippen LogP contribution < -0.4 is 4.89 Å². The number of hydrogen-bond acceptors (Lipinski definition) is 4. The van der Waals surface area contributed by atoms with Crippen LogP contribution in [0.3, 0.4) is 0 Å². The van der Waals surface area contributed by atoms with Crippen LogP contribution >= 0.6 is 23.2 Å². The van der Waals surface area contributed by atoms with E-state index in [0.29, 0.717) is 0 Å². The second-order valence-electron chi connectivity index (χ2n) is 3.53. The van der Waals surface area contributed by atoms with Gasteiger partial charge in [0.25, 0.3) is 10.0 Å². The van der Waals surface area contributed by atoms with E-state index in [0.717, 1.165) is 12.1 Å². The Morgan fingerprint density at radius 3 is 2.38 bits per heavy atom. The third-order valence-electron chi connectivity index (χ3n) is 1.96. The molecule has 21 heavy (non-hydrogen) atoms. The first-order valence-corrected chi connectivity index (χ1v) is 7.11. The van der Waals surface area contributed by atoms with E-state index >= 15 is 0 Å². The van der Waals surface area contributed by atoms with Crippen molar-refractivity contribution in [2.24, 2.45) is 0 Å². The summed E-state index contributed by atoms with van der Waals surface area (Å²) >= 11 is 11.2. The molecule has 0 saturated heterocycles. The molecule has 12 heteroatoms. The van der Waals surface area contributed by atoms with Gasteiger partial charge in [0.2, 0.25) is 0 Å². The minimum Gasteiger partial charge on any atom is -0.478 e. The molecule has 1 rings (SSSR count). The molecule has 0 bridgehead atoms. The van der Waals surface area contributed by atoms with Crippen molar-refractivity contribution in [1.29, 1.82) is 0 Å². The molecule has 1 aromatic rings. The number of sulfonamides is 1. The van der Waals surface area contributed by atoms with E-state index in [1.165, 1.54) is 4.89 Å². The van der Waals surface area contributed by atoms with Crippen LogP contribution in [0.15, 0.2) is 17.0 Å². The van der Waals surface area contributed by atoms with Crippen LogP contribution in [0.1, 0.15) is 10.4 Å². The summed E-state index contributed by atoms with van der Waals surface area (Å²) in [5, 5.41) is 7.77. The number of benzene rings is 1. The topological polar surface area (TPSA) is 92.7 Å². The summed E-state index contributed by atoms with van der Waals surface area (Å²) in [6.45, 7) is -1.87. The molecular formula is C9H6Cl2F3NO5S. The van der Waals surface area contributed by atoms with Gasteiger partial charge in [-0.25, -0.2) is 13.2 Å². The maximum Gasteiger partial charge on any atom is 0.413 e. The fourth-order valence-corrected chi connectivity index (χ4v) is 2.90. The first-order valence-electron chi connectivity index (χ1n) is 4.87. The summed E-state index contributed by atoms with van der Waals surface area (Å²) in [6.07, 6.45) is -4.75. The van der Waals surface area contributed by atoms with Crippen molar-refractivity contribution in [3.8, 4) is 0 Å². The van der Waals surface area contributed by atoms with Gasteiger partial charge in [-0.3, -0.25) is 4.84 Å². The molecule has 0 fully saturated rings. The predicted octanol–water partition coefficient (Wildman–Crippen LogP) is 2.46. The molecule has 0 saturated carbocycles. The zero-order chi connectivity index (χ0) is 16.4. The largest absolute Gasteiger partial charge is 0.478 e. The van der Waals surface area contributed by atoms with Crippen molar-refractivity contribution in [1.82, 2.24) is 4.89 Å². The van der Waals surface area contributed by atoms with Crippen LogP contribution in [0.2, 0.25) is 10.0 Å². The molecule has 0 atom stereocenters. The maximum absolute atomic E-state index is 11.9. The number of carbonyl (C=O) groups is 1. The van der Waals surface area contributed by atoms with E-state index in [-0.39, 0.29) is 5.02 Å². The van der Waals surface area contributed by atoms with Gasteiger partial charge in [-0.05, 0) is 12.1 Å². The van der Waals surface area contributed by atoms with Gasteiger partial charge in [-0.15, -0.1) is 0 Å². The summed E-state index contributed by atoms with van der Waals surface area (Å²) in [6, 6.07) is 1.76. The molecule has 0 heterocycles. The van der Waals surface area contributed by atoms with Gasteiger partial charge in [-0.1, -0.05) is 28.1 Å². The average molecular weight is 368 g/mol. The minimum absolute atomic E-state index is 0.331. The highest BCUT2D eigenvalue weighted by Gasteiger charge is 2.30. The quantitative estimate of drug-likeness (QED) is 0.779. The molecule has 6 nitrogen and oxygen atoms in total. The number of aromatic carboxylic acids is 1. The molecule has 0 aromatic heterocycles. The standard InChI is InChI=1S/C9H6Cl2F3NO5S/c10-4-1-2-5(7(11)6(4)8(16)17)21(18,19)15-20-3-9(12,13)14/h1-2,15H,3H2,(H,16,17). The van der Waals surface area contributed by atoms with Crippen LogP contribution in [-0.2, 0) is 14.9 Å². The van der Waals surface area contributed by atoms with Crippen molar-refractivity contribution in [3.63, 3.8) is 0 Å². The van der Waals surface area contributed by atoms with Crippen molar-refractivity contribution in [3.05, 3.63) is 27.7 Å². The number of carboxylic acids is 1. The number of halogens is 5. The zero-order valence-corrected chi connectivity index (χ0v) is 12.1. The summed E-state index contributed by atoms with van der Waals surface area (Å²) in [5.74, 6) is -1.60. The lowest BCUT2D eigenvalue weighted by atomic mass is 10.2. The van der Waals surface area contributed by atoms with Gasteiger partial charge in [0.15, 0.2) is 6.61 Å². The molecule has 2 N–H and O–H groups in total. The second kappa shape index (κ2) is 6.36. The minimum atomic E-state index is -4.75. The van der Waals surface area contributed by atoms with Crippen LogP contribution in [-0.4, -0.2) is 32.3 Å². The van der Waals surface area contributed by atoms with Crippen LogP contribution in [0.4, 0.5) is 13.2 Å². The molecule has 0 spiro atoms. The third-order valence-corrected chi connectivity index (χ3v) is 4.04. The molecule has 0 aliphatic heterocycles. The highest BCUT2D eigenvalue weighted by atomic mass is 35.5. The summed E-state index contributed by atoms with van der Waals surface area (Å²) in [5.41, 5.74) is -0.697. The molecule has 0 amide bonds. The van der Waals surface area contributed by atoms with Gasteiger partial charge in [0.05, 0.1) is 15.6 Å². The Morgan fingerprint density at radius 1 is 1.33 bits per heavy atom. The van der Waals surface area contributed by atoms with Crippen molar-refractivity contribution >= 4 is 39.2 Å². The Labute approximate surface area is 126 Å². The van der Waals surface area contributed by atoms with Gasteiger partial charge >= 0.3 is 12.1 Å². The normalized spacial score (nSPS) is 12.4. The van der Waals surface area contributed by atoms with Gasteiger partial charge in [0, 0.05) is 0 Å². The highest BCUT2D eigenvalue weighted by Crippen LogP contribution is 2.31. The van der Waals surface area contributed by atoms with Crippen LogP contribution in [0.25, 0.3) is 0 Å². The number of hydrogen-bond donors (Lipinski definition) is 2. The number of rotatable bonds is 5. The van der Waals surface area contributed by atoms with E-state index in [9.17, 15) is 26.4 Å². The number of alkyl halides is 3. The van der Waals surface area contributed by atoms with Gasteiger partial charge in [0.1, 0.15) is 4.90 Å². The molecule has 0 radical (unpaired) electrons. The Bertz CT molecular complexity index is 662. The van der Waals surface area contributed by atoms with E-state index < -0.39 is 44.3 Å². The molecule has 118 valence electrons. The summed E-state index contributed by atoms with van der Waals surface area (Å²) in [7, 11) is -4.61. The van der Waals surface area contributed by atoms with Gasteiger partial charge in [-0.2, -0.15) is 13.2 Å². The predicted molar refractivity (Wildman–Crippen MR) is 65.7 cm³/mol. The highest BCUT2D eigenvalue weighted by molar-refractivity contribution is 7.89. The summed E-state index contributed by atoms with van der Waals surface area (Å²) < 4.78 is 59.0. The molecule has 0 aliphatic carbocycles. The van der Waals surface area contributed by atoms with E-state index in [1.54, 1.807) is 0 Å². The SMILES string of the molecule is O=C(O)c1c(Cl)ccc(S(=O)(=O)NOCC(F)(F)F)c1Cl. The van der Waals surface area contributed by atoms with Crippen molar-refractivity contribution in [2.45, 2.75) is 11.1 Å². The lowest BCUT2D eigenvalue weighted by Gasteiger charge is -2.11. The average Bonchev–Trinajstić information content (AvgIpc) is 2.25. The Kier molecular flexibility index (Phi) is 5.45. The monoisotopic (exact) mass is 367 g/mol. The summed E-state index contributed by atoms with van der Waals surface area (Å²) in [4.78, 5) is 15.1. The Morgan fingerprint density at radius 2 is 1.90 bits per heavy atom. The third kappa shape index (κ3) is 4.71. The van der Waals surface area contributed by atoms with Crippen LogP contribution in [0, 0.1) is 0 Å². The Balaban J connectivity index is 3.10. The first-order chi connectivity index (χ1) is 9.46. The molecule has 0 unspecified atom stereocenters. The first kappa shape index (κ1) is 18.0. The van der Waals surface area contributed by atoms with Crippen LogP contribution in [0.5, 0.6) is 0 Å². The lowest BCUT2D eigenvalue weighted by Crippen LogP contribution is -2.30. The van der Waals surface area contributed by atoms with Gasteiger partial charge < -0.3 is 5.11 Å². The fourth-order valence-electron chi connectivity index (χ4n) is 1.17. The van der Waals surface area contributed by atoms with E-state index in [4.69, 9.17) is 28.3 Å². The number of carboxylic acid groups (broad SMARTS) is 1. The van der Waals surface area contributed by atoms with E-state index in [1.807, 2.05) is 0 Å². The maximum atomic E-state index is 11.9. The van der Waals surface area contributed by atoms with Crippen molar-refractivity contribution < 1.29 is 36.3 Å². The Hall–Kier alpha value is -1.07.